The highest BCUT2D eigenvalue weighted by atomic mass is 16.2. The molecule has 1 saturated heterocycles. The molecular weight excluding hydrogens is 336 g/mol. The molecule has 0 saturated carbocycles. The Balaban J connectivity index is 1.61. The lowest BCUT2D eigenvalue weighted by atomic mass is 9.96. The van der Waals surface area contributed by atoms with Crippen LogP contribution in [0.5, 0.6) is 0 Å². The molecule has 1 heterocycles. The van der Waals surface area contributed by atoms with Gasteiger partial charge in [-0.05, 0) is 51.3 Å². The van der Waals surface area contributed by atoms with Gasteiger partial charge in [-0.15, -0.1) is 0 Å². The zero-order valence-corrected chi connectivity index (χ0v) is 16.4. The van der Waals surface area contributed by atoms with Gasteiger partial charge in [-0.25, -0.2) is 0 Å². The number of benzene rings is 2. The fourth-order valence-corrected chi connectivity index (χ4v) is 3.81. The van der Waals surface area contributed by atoms with E-state index in [1.54, 1.807) is 0 Å². The summed E-state index contributed by atoms with van der Waals surface area (Å²) in [5.74, 6) is -0.0779. The molecule has 1 atom stereocenters. The Morgan fingerprint density at radius 2 is 1.78 bits per heavy atom. The monoisotopic (exact) mass is 364 g/mol. The molecule has 4 heteroatoms. The van der Waals surface area contributed by atoms with E-state index in [4.69, 9.17) is 0 Å². The van der Waals surface area contributed by atoms with Crippen LogP contribution in [-0.4, -0.2) is 29.8 Å². The number of likely N-dealkylation sites (tertiary alicyclic amines) is 1. The summed E-state index contributed by atoms with van der Waals surface area (Å²) in [5, 5.41) is 3.04. The number of hydrogen-bond donors (Lipinski definition) is 1. The normalized spacial score (nSPS) is 16.9. The van der Waals surface area contributed by atoms with Gasteiger partial charge in [0.1, 0.15) is 0 Å². The van der Waals surface area contributed by atoms with E-state index in [0.717, 1.165) is 29.5 Å². The van der Waals surface area contributed by atoms with Crippen LogP contribution in [0.25, 0.3) is 0 Å². The summed E-state index contributed by atoms with van der Waals surface area (Å²) in [6, 6.07) is 14.1. The first-order valence-electron chi connectivity index (χ1n) is 9.63. The van der Waals surface area contributed by atoms with Crippen molar-refractivity contribution in [3.63, 3.8) is 0 Å². The standard InChI is InChI=1S/C23H28N2O2/c1-16-6-4-7-19(11-16)14-24-22(26)20-8-5-9-25(15-20)23(27)21-12-17(2)10-18(3)13-21/h4,6-7,10-13,20H,5,8-9,14-15H2,1-3H3,(H,24,26)/t20-/m0/s1. The molecule has 2 amide bonds. The molecule has 2 aromatic carbocycles. The van der Waals surface area contributed by atoms with E-state index < -0.39 is 0 Å². The van der Waals surface area contributed by atoms with Crippen molar-refractivity contribution < 1.29 is 9.59 Å². The maximum atomic E-state index is 12.9. The van der Waals surface area contributed by atoms with Crippen molar-refractivity contribution in [2.75, 3.05) is 13.1 Å². The number of aryl methyl sites for hydroxylation is 3. The number of nitrogens with zero attached hydrogens (tertiary/aromatic N) is 1. The molecule has 0 aliphatic carbocycles. The highest BCUT2D eigenvalue weighted by molar-refractivity contribution is 5.95. The van der Waals surface area contributed by atoms with Crippen molar-refractivity contribution in [1.82, 2.24) is 10.2 Å². The molecule has 0 bridgehead atoms. The molecule has 2 aromatic rings. The average molecular weight is 364 g/mol. The maximum absolute atomic E-state index is 12.9. The Labute approximate surface area is 161 Å². The summed E-state index contributed by atoms with van der Waals surface area (Å²) in [7, 11) is 0. The van der Waals surface area contributed by atoms with Crippen molar-refractivity contribution in [3.05, 3.63) is 70.3 Å². The van der Waals surface area contributed by atoms with Gasteiger partial charge in [0.2, 0.25) is 5.91 Å². The second-order valence-electron chi connectivity index (χ2n) is 7.67. The third kappa shape index (κ3) is 4.97. The van der Waals surface area contributed by atoms with Crippen LogP contribution in [0, 0.1) is 26.7 Å². The topological polar surface area (TPSA) is 49.4 Å². The van der Waals surface area contributed by atoms with E-state index in [9.17, 15) is 9.59 Å². The third-order valence-corrected chi connectivity index (χ3v) is 5.10. The lowest BCUT2D eigenvalue weighted by molar-refractivity contribution is -0.126. The van der Waals surface area contributed by atoms with Crippen LogP contribution in [0.15, 0.2) is 42.5 Å². The molecule has 1 N–H and O–H groups in total. The minimum absolute atomic E-state index is 0.0259. The van der Waals surface area contributed by atoms with E-state index in [2.05, 4.69) is 17.4 Å². The molecule has 0 aromatic heterocycles. The minimum Gasteiger partial charge on any atom is -0.352 e. The molecule has 1 fully saturated rings. The Hall–Kier alpha value is -2.62. The predicted octanol–water partition coefficient (Wildman–Crippen LogP) is 3.78. The third-order valence-electron chi connectivity index (χ3n) is 5.10. The first-order chi connectivity index (χ1) is 12.9. The van der Waals surface area contributed by atoms with Crippen LogP contribution in [0.2, 0.25) is 0 Å². The first-order valence-corrected chi connectivity index (χ1v) is 9.63. The highest BCUT2D eigenvalue weighted by Crippen LogP contribution is 2.20. The van der Waals surface area contributed by atoms with Crippen LogP contribution in [0.4, 0.5) is 0 Å². The Morgan fingerprint density at radius 3 is 2.48 bits per heavy atom. The second-order valence-corrected chi connectivity index (χ2v) is 7.67. The van der Waals surface area contributed by atoms with Gasteiger partial charge < -0.3 is 10.2 Å². The first kappa shape index (κ1) is 19.2. The number of nitrogens with one attached hydrogen (secondary N) is 1. The largest absolute Gasteiger partial charge is 0.352 e. The predicted molar refractivity (Wildman–Crippen MR) is 108 cm³/mol. The smallest absolute Gasteiger partial charge is 0.253 e. The molecule has 0 spiro atoms. The average Bonchev–Trinajstić information content (AvgIpc) is 2.65. The molecule has 3 rings (SSSR count). The van der Waals surface area contributed by atoms with E-state index in [1.807, 2.05) is 56.0 Å². The van der Waals surface area contributed by atoms with Gasteiger partial charge in [-0.1, -0.05) is 47.0 Å². The number of carbonyl (C=O) groups is 2. The van der Waals surface area contributed by atoms with Gasteiger partial charge in [0.05, 0.1) is 5.92 Å². The van der Waals surface area contributed by atoms with E-state index in [1.165, 1.54) is 5.56 Å². The summed E-state index contributed by atoms with van der Waals surface area (Å²) in [5.41, 5.74) is 5.17. The molecule has 0 unspecified atom stereocenters. The number of hydrogen-bond acceptors (Lipinski definition) is 2. The Morgan fingerprint density at radius 1 is 1.04 bits per heavy atom. The zero-order valence-electron chi connectivity index (χ0n) is 16.4. The number of carbonyl (C=O) groups excluding carboxylic acids is 2. The quantitative estimate of drug-likeness (QED) is 0.897. The number of rotatable bonds is 4. The molecule has 142 valence electrons. The molecule has 0 radical (unpaired) electrons. The van der Waals surface area contributed by atoms with Crippen molar-refractivity contribution in [3.8, 4) is 0 Å². The Kier molecular flexibility index (Phi) is 5.94. The Bertz CT molecular complexity index is 824. The lowest BCUT2D eigenvalue weighted by Crippen LogP contribution is -2.45. The SMILES string of the molecule is Cc1cccc(CNC(=O)[C@H]2CCCN(C(=O)c3cc(C)cc(C)c3)C2)c1. The van der Waals surface area contributed by atoms with E-state index in [-0.39, 0.29) is 17.7 Å². The van der Waals surface area contributed by atoms with E-state index >= 15 is 0 Å². The highest BCUT2D eigenvalue weighted by Gasteiger charge is 2.28. The summed E-state index contributed by atoms with van der Waals surface area (Å²) in [6.07, 6.45) is 1.69. The van der Waals surface area contributed by atoms with Gasteiger partial charge >= 0.3 is 0 Å². The number of piperidine rings is 1. The van der Waals surface area contributed by atoms with Crippen molar-refractivity contribution in [2.24, 2.45) is 5.92 Å². The van der Waals surface area contributed by atoms with Gasteiger partial charge in [0.25, 0.3) is 5.91 Å². The van der Waals surface area contributed by atoms with Crippen LogP contribution in [-0.2, 0) is 11.3 Å². The van der Waals surface area contributed by atoms with E-state index in [0.29, 0.717) is 25.2 Å². The minimum atomic E-state index is -0.140. The maximum Gasteiger partial charge on any atom is 0.253 e. The fourth-order valence-electron chi connectivity index (χ4n) is 3.81. The molecule has 1 aliphatic heterocycles. The van der Waals surface area contributed by atoms with Crippen molar-refractivity contribution in [1.29, 1.82) is 0 Å². The van der Waals surface area contributed by atoms with Gasteiger partial charge in [-0.3, -0.25) is 9.59 Å². The molecule has 1 aliphatic rings. The zero-order chi connectivity index (χ0) is 19.4. The summed E-state index contributed by atoms with van der Waals surface area (Å²) >= 11 is 0. The van der Waals surface area contributed by atoms with Crippen LogP contribution >= 0.6 is 0 Å². The van der Waals surface area contributed by atoms with Gasteiger partial charge in [-0.2, -0.15) is 0 Å². The second kappa shape index (κ2) is 8.38. The molecular formula is C23H28N2O2. The summed E-state index contributed by atoms with van der Waals surface area (Å²) in [4.78, 5) is 27.3. The summed E-state index contributed by atoms with van der Waals surface area (Å²) < 4.78 is 0. The summed E-state index contributed by atoms with van der Waals surface area (Å²) in [6.45, 7) is 7.78. The van der Waals surface area contributed by atoms with Crippen molar-refractivity contribution in [2.45, 2.75) is 40.2 Å². The van der Waals surface area contributed by atoms with Gasteiger partial charge in [0.15, 0.2) is 0 Å². The number of amides is 2. The fraction of sp³-hybridized carbons (Fsp3) is 0.391. The van der Waals surface area contributed by atoms with Crippen LogP contribution < -0.4 is 5.32 Å². The molecule has 27 heavy (non-hydrogen) atoms. The van der Waals surface area contributed by atoms with Crippen LogP contribution in [0.3, 0.4) is 0 Å². The van der Waals surface area contributed by atoms with Crippen LogP contribution in [0.1, 0.15) is 45.5 Å². The lowest BCUT2D eigenvalue weighted by Gasteiger charge is -2.32. The molecule has 4 nitrogen and oxygen atoms in total. The van der Waals surface area contributed by atoms with Crippen molar-refractivity contribution >= 4 is 11.8 Å². The van der Waals surface area contributed by atoms with Gasteiger partial charge in [0, 0.05) is 25.2 Å².